The molecule has 0 atom stereocenters. The van der Waals surface area contributed by atoms with Gasteiger partial charge in [-0.15, -0.1) is 0 Å². The van der Waals surface area contributed by atoms with E-state index in [2.05, 4.69) is 123 Å². The third-order valence-electron chi connectivity index (χ3n) is 6.17. The summed E-state index contributed by atoms with van der Waals surface area (Å²) in [5.41, 5.74) is 0. The van der Waals surface area contributed by atoms with Gasteiger partial charge in [0.15, 0.2) is 0 Å². The summed E-state index contributed by atoms with van der Waals surface area (Å²) in [4.78, 5) is 0. The van der Waals surface area contributed by atoms with Gasteiger partial charge in [-0.2, -0.15) is 0 Å². The molecule has 5 rings (SSSR count). The fourth-order valence-electron chi connectivity index (χ4n) is 5.00. The van der Waals surface area contributed by atoms with Crippen LogP contribution in [0.2, 0.25) is 26.2 Å². The van der Waals surface area contributed by atoms with Gasteiger partial charge in [0.2, 0.25) is 0 Å². The Balaban J connectivity index is 0.00000320. The molecule has 0 bridgehead atoms. The molecule has 0 spiro atoms. The summed E-state index contributed by atoms with van der Waals surface area (Å²) in [5.74, 6) is 0. The smallest absolute Gasteiger partial charge is 0.389 e. The minimum atomic E-state index is -3.32. The molecule has 0 unspecified atom stereocenters. The van der Waals surface area contributed by atoms with Crippen molar-refractivity contribution in [3.8, 4) is 0 Å². The van der Waals surface area contributed by atoms with E-state index in [0.717, 1.165) is 20.7 Å². The molecule has 4 aromatic carbocycles. The minimum absolute atomic E-state index is 0. The average Bonchev–Trinajstić information content (AvgIpc) is 2.88. The highest BCUT2D eigenvalue weighted by Crippen LogP contribution is 2.31. The van der Waals surface area contributed by atoms with Gasteiger partial charge in [-0.3, -0.25) is 0 Å². The zero-order valence-corrected chi connectivity index (χ0v) is 25.7. The molecule has 0 aromatic heterocycles. The lowest BCUT2D eigenvalue weighted by molar-refractivity contribution is 0.253. The van der Waals surface area contributed by atoms with Gasteiger partial charge >= 0.3 is 34.2 Å². The summed E-state index contributed by atoms with van der Waals surface area (Å²) >= 11 is 0. The van der Waals surface area contributed by atoms with Crippen LogP contribution in [-0.4, -0.2) is 39.7 Å². The molecule has 1 heterocycles. The van der Waals surface area contributed by atoms with Crippen LogP contribution in [-0.2, 0) is 16.5 Å². The third kappa shape index (κ3) is 5.55. The Kier molecular flexibility index (Phi) is 8.00. The molecule has 1 saturated heterocycles. The Hall–Kier alpha value is -2.45. The van der Waals surface area contributed by atoms with Crippen molar-refractivity contribution in [3.63, 3.8) is 0 Å². The zero-order valence-electron chi connectivity index (χ0n) is 21.7. The first kappa shape index (κ1) is 27.6. The standard InChI is InChI=1S/C28H32O4Si4.H2O/c1-33(2)29-34(3,4)31-36(27-21-13-7-14-22-27,28-23-15-8-16-24-28)32-35(30-33,25-17-9-5-10-18-25)26-19-11-6-12-20-26;/h5-24H,1-4H3;1H2. The Bertz CT molecular complexity index is 1110. The molecule has 2 N–H and O–H groups in total. The SMILES string of the molecule is C[Si]1(C)O[Si](C)(C)O[Si](c2ccccc2)(c2ccccc2)O[Si](c2ccccc2)(c2ccccc2)O1.O. The maximum Gasteiger partial charge on any atom is 0.389 e. The summed E-state index contributed by atoms with van der Waals surface area (Å²) in [5, 5.41) is 4.20. The average molecular weight is 563 g/mol. The molecule has 9 heteroatoms. The lowest BCUT2D eigenvalue weighted by Crippen LogP contribution is -2.80. The molecule has 37 heavy (non-hydrogen) atoms. The van der Waals surface area contributed by atoms with E-state index in [9.17, 15) is 0 Å². The van der Waals surface area contributed by atoms with Crippen LogP contribution in [0.3, 0.4) is 0 Å². The molecule has 192 valence electrons. The van der Waals surface area contributed by atoms with Crippen molar-refractivity contribution in [2.45, 2.75) is 26.2 Å². The molecule has 4 aromatic rings. The summed E-state index contributed by atoms with van der Waals surface area (Å²) in [6.45, 7) is 8.45. The predicted molar refractivity (Wildman–Crippen MR) is 159 cm³/mol. The van der Waals surface area contributed by atoms with Crippen LogP contribution < -0.4 is 20.7 Å². The van der Waals surface area contributed by atoms with Gasteiger partial charge in [-0.1, -0.05) is 121 Å². The molecular weight excluding hydrogens is 529 g/mol. The van der Waals surface area contributed by atoms with Crippen LogP contribution >= 0.6 is 0 Å². The molecule has 1 aliphatic rings. The quantitative estimate of drug-likeness (QED) is 0.359. The second kappa shape index (κ2) is 10.7. The van der Waals surface area contributed by atoms with Gasteiger partial charge in [0.1, 0.15) is 0 Å². The van der Waals surface area contributed by atoms with Gasteiger partial charge in [0.05, 0.1) is 0 Å². The molecule has 0 saturated carbocycles. The highest BCUT2D eigenvalue weighted by Gasteiger charge is 2.61. The summed E-state index contributed by atoms with van der Waals surface area (Å²) < 4.78 is 29.2. The van der Waals surface area contributed by atoms with Crippen LogP contribution in [0.4, 0.5) is 0 Å². The maximum absolute atomic E-state index is 7.70. The maximum atomic E-state index is 7.70. The van der Waals surface area contributed by atoms with Crippen molar-refractivity contribution in [2.75, 3.05) is 0 Å². The van der Waals surface area contributed by atoms with Gasteiger partial charge in [0.25, 0.3) is 0 Å². The zero-order chi connectivity index (χ0) is 25.3. The van der Waals surface area contributed by atoms with E-state index < -0.39 is 34.2 Å². The van der Waals surface area contributed by atoms with Crippen molar-refractivity contribution in [2.24, 2.45) is 0 Å². The molecule has 5 nitrogen and oxygen atoms in total. The van der Waals surface area contributed by atoms with E-state index >= 15 is 0 Å². The Labute approximate surface area is 224 Å². The van der Waals surface area contributed by atoms with E-state index in [4.69, 9.17) is 16.5 Å². The number of hydrogen-bond donors (Lipinski definition) is 0. The third-order valence-corrected chi connectivity index (χ3v) is 23.0. The van der Waals surface area contributed by atoms with Crippen molar-refractivity contribution in [3.05, 3.63) is 121 Å². The van der Waals surface area contributed by atoms with E-state index in [-0.39, 0.29) is 5.48 Å². The first-order valence-corrected chi connectivity index (χ1v) is 21.5. The first-order valence-electron chi connectivity index (χ1n) is 12.3. The summed E-state index contributed by atoms with van der Waals surface area (Å²) in [6.07, 6.45) is 0. The monoisotopic (exact) mass is 562 g/mol. The van der Waals surface area contributed by atoms with Gasteiger partial charge in [-0.25, -0.2) is 0 Å². The van der Waals surface area contributed by atoms with E-state index in [0.29, 0.717) is 0 Å². The van der Waals surface area contributed by atoms with Crippen molar-refractivity contribution in [1.82, 2.24) is 0 Å². The van der Waals surface area contributed by atoms with Gasteiger partial charge in [0, 0.05) is 0 Å². The van der Waals surface area contributed by atoms with Crippen LogP contribution in [0.15, 0.2) is 121 Å². The molecule has 1 fully saturated rings. The topological polar surface area (TPSA) is 68.4 Å². The number of hydrogen-bond acceptors (Lipinski definition) is 4. The highest BCUT2D eigenvalue weighted by atomic mass is 28.5. The highest BCUT2D eigenvalue weighted by molar-refractivity contribution is 7.09. The fraction of sp³-hybridized carbons (Fsp3) is 0.143. The van der Waals surface area contributed by atoms with Crippen LogP contribution in [0.1, 0.15) is 0 Å². The second-order valence-electron chi connectivity index (χ2n) is 9.91. The lowest BCUT2D eigenvalue weighted by Gasteiger charge is -2.50. The second-order valence-corrected chi connectivity index (χ2v) is 23.5. The van der Waals surface area contributed by atoms with Gasteiger partial charge < -0.3 is 21.9 Å². The molecule has 0 amide bonds. The normalized spacial score (nSPS) is 19.6. The largest absolute Gasteiger partial charge is 0.416 e. The van der Waals surface area contributed by atoms with Crippen LogP contribution in [0, 0.1) is 0 Å². The minimum Gasteiger partial charge on any atom is -0.416 e. The van der Waals surface area contributed by atoms with E-state index in [1.807, 2.05) is 24.3 Å². The number of benzene rings is 4. The molecular formula is C28H34O5Si4. The van der Waals surface area contributed by atoms with Crippen LogP contribution in [0.5, 0.6) is 0 Å². The van der Waals surface area contributed by atoms with Crippen molar-refractivity contribution in [1.29, 1.82) is 0 Å². The van der Waals surface area contributed by atoms with Crippen LogP contribution in [0.25, 0.3) is 0 Å². The molecule has 0 radical (unpaired) electrons. The van der Waals surface area contributed by atoms with Crippen molar-refractivity contribution >= 4 is 55.0 Å². The van der Waals surface area contributed by atoms with Crippen molar-refractivity contribution < 1.29 is 21.9 Å². The first-order chi connectivity index (χ1) is 17.2. The van der Waals surface area contributed by atoms with E-state index in [1.54, 1.807) is 0 Å². The summed E-state index contributed by atoms with van der Waals surface area (Å²) in [7, 11) is -12.0. The van der Waals surface area contributed by atoms with E-state index in [1.165, 1.54) is 0 Å². The Morgan fingerprint density at radius 1 is 0.351 bits per heavy atom. The summed E-state index contributed by atoms with van der Waals surface area (Å²) in [6, 6.07) is 41.6. The molecule has 1 aliphatic heterocycles. The van der Waals surface area contributed by atoms with Gasteiger partial charge in [-0.05, 0) is 46.9 Å². The lowest BCUT2D eigenvalue weighted by atomic mass is 10.4. The Morgan fingerprint density at radius 3 is 0.838 bits per heavy atom. The Morgan fingerprint density at radius 2 is 0.595 bits per heavy atom. The molecule has 0 aliphatic carbocycles. The predicted octanol–water partition coefficient (Wildman–Crippen LogP) is 3.16. The fourth-order valence-corrected chi connectivity index (χ4v) is 26.0. The number of rotatable bonds is 4.